The average molecular weight is 348 g/mol. The topological polar surface area (TPSA) is 39.4 Å². The third kappa shape index (κ3) is 3.13. The molecule has 3 aromatic carbocycles. The zero-order valence-corrected chi connectivity index (χ0v) is 14.5. The Morgan fingerprint density at radius 1 is 1.00 bits per heavy atom. The summed E-state index contributed by atoms with van der Waals surface area (Å²) in [6.07, 6.45) is 0. The van der Waals surface area contributed by atoms with Gasteiger partial charge < -0.3 is 9.15 Å². The van der Waals surface area contributed by atoms with Gasteiger partial charge in [0, 0.05) is 22.1 Å². The van der Waals surface area contributed by atoms with E-state index in [1.165, 1.54) is 0 Å². The van der Waals surface area contributed by atoms with Crippen molar-refractivity contribution in [2.75, 3.05) is 7.11 Å². The third-order valence-electron chi connectivity index (χ3n) is 4.17. The molecule has 1 aromatic heterocycles. The molecule has 0 aliphatic rings. The molecule has 0 aliphatic carbocycles. The molecule has 0 unspecified atom stereocenters. The first-order valence-corrected chi connectivity index (χ1v) is 8.94. The predicted molar refractivity (Wildman–Crippen MR) is 103 cm³/mol. The van der Waals surface area contributed by atoms with Crippen molar-refractivity contribution in [3.05, 3.63) is 82.7 Å². The molecule has 3 nitrogen and oxygen atoms in total. The first-order valence-electron chi connectivity index (χ1n) is 7.96. The molecule has 4 rings (SSSR count). The zero-order valence-electron chi connectivity index (χ0n) is 13.7. The van der Waals surface area contributed by atoms with Crippen LogP contribution in [0.25, 0.3) is 21.7 Å². The minimum Gasteiger partial charge on any atom is -0.497 e. The molecule has 4 aromatic rings. The third-order valence-corrected chi connectivity index (χ3v) is 5.23. The summed E-state index contributed by atoms with van der Waals surface area (Å²) < 4.78 is 10.6. The van der Waals surface area contributed by atoms with Crippen molar-refractivity contribution >= 4 is 33.5 Å². The number of hydrogen-bond donors (Lipinski definition) is 0. The summed E-state index contributed by atoms with van der Waals surface area (Å²) in [5.41, 5.74) is 1.31. The number of hydrogen-bond acceptors (Lipinski definition) is 4. The van der Waals surface area contributed by atoms with Crippen molar-refractivity contribution in [3.63, 3.8) is 0 Å². The highest BCUT2D eigenvalue weighted by Gasteiger charge is 2.10. The molecule has 0 amide bonds. The molecular formula is C21H16O3S. The van der Waals surface area contributed by atoms with Crippen LogP contribution in [0.15, 0.2) is 80.8 Å². The van der Waals surface area contributed by atoms with Crippen LogP contribution in [0.3, 0.4) is 0 Å². The Labute approximate surface area is 149 Å². The molecule has 124 valence electrons. The summed E-state index contributed by atoms with van der Waals surface area (Å²) in [4.78, 5) is 13.1. The number of benzene rings is 3. The average Bonchev–Trinajstić information content (AvgIpc) is 2.66. The fourth-order valence-electron chi connectivity index (χ4n) is 2.97. The fraction of sp³-hybridized carbons (Fsp3) is 0.0952. The Kier molecular flexibility index (Phi) is 4.20. The largest absolute Gasteiger partial charge is 0.497 e. The number of rotatable bonds is 4. The normalized spacial score (nSPS) is 11.1. The summed E-state index contributed by atoms with van der Waals surface area (Å²) in [5.74, 6) is 1.53. The van der Waals surface area contributed by atoms with Crippen molar-refractivity contribution in [3.8, 4) is 5.75 Å². The molecule has 0 atom stereocenters. The second kappa shape index (κ2) is 6.65. The number of ether oxygens (including phenoxy) is 1. The van der Waals surface area contributed by atoms with Gasteiger partial charge >= 0.3 is 5.63 Å². The molecule has 0 radical (unpaired) electrons. The Morgan fingerprint density at radius 2 is 1.80 bits per heavy atom. The minimum atomic E-state index is -0.312. The van der Waals surface area contributed by atoms with Crippen LogP contribution in [-0.4, -0.2) is 7.11 Å². The summed E-state index contributed by atoms with van der Waals surface area (Å²) >= 11 is 1.69. The van der Waals surface area contributed by atoms with Gasteiger partial charge in [0.2, 0.25) is 0 Å². The van der Waals surface area contributed by atoms with Gasteiger partial charge in [0.25, 0.3) is 0 Å². The first-order chi connectivity index (χ1) is 12.2. The lowest BCUT2D eigenvalue weighted by molar-refractivity contribution is 0.414. The van der Waals surface area contributed by atoms with Gasteiger partial charge in [0.1, 0.15) is 11.3 Å². The van der Waals surface area contributed by atoms with E-state index < -0.39 is 0 Å². The Balaban J connectivity index is 1.77. The highest BCUT2D eigenvalue weighted by atomic mass is 32.2. The van der Waals surface area contributed by atoms with Gasteiger partial charge in [-0.05, 0) is 46.7 Å². The van der Waals surface area contributed by atoms with E-state index >= 15 is 0 Å². The summed E-state index contributed by atoms with van der Waals surface area (Å²) in [6.45, 7) is 0. The van der Waals surface area contributed by atoms with Crippen LogP contribution < -0.4 is 10.4 Å². The number of methoxy groups -OCH3 is 1. The fourth-order valence-corrected chi connectivity index (χ4v) is 3.85. The SMILES string of the molecule is COc1ccc(SCc2cc(=O)oc3ccc4ccccc4c23)cc1. The Hall–Kier alpha value is -2.72. The molecule has 4 heteroatoms. The van der Waals surface area contributed by atoms with Gasteiger partial charge in [0.15, 0.2) is 0 Å². The predicted octanol–water partition coefficient (Wildman–Crippen LogP) is 5.25. The molecule has 0 fully saturated rings. The quantitative estimate of drug-likeness (QED) is 0.287. The van der Waals surface area contributed by atoms with E-state index in [4.69, 9.17) is 9.15 Å². The molecule has 25 heavy (non-hydrogen) atoms. The lowest BCUT2D eigenvalue weighted by Gasteiger charge is -2.09. The molecule has 0 aliphatic heterocycles. The van der Waals surface area contributed by atoms with E-state index in [-0.39, 0.29) is 5.63 Å². The maximum atomic E-state index is 11.9. The van der Waals surface area contributed by atoms with Crippen LogP contribution in [0.1, 0.15) is 5.56 Å². The van der Waals surface area contributed by atoms with Crippen LogP contribution >= 0.6 is 11.8 Å². The van der Waals surface area contributed by atoms with E-state index in [1.807, 2.05) is 48.5 Å². The van der Waals surface area contributed by atoms with Crippen molar-refractivity contribution in [1.82, 2.24) is 0 Å². The lowest BCUT2D eigenvalue weighted by Crippen LogP contribution is -2.00. The van der Waals surface area contributed by atoms with Crippen molar-refractivity contribution in [2.24, 2.45) is 0 Å². The number of thioether (sulfide) groups is 1. The molecule has 0 N–H and O–H groups in total. The molecule has 0 spiro atoms. The van der Waals surface area contributed by atoms with E-state index in [0.29, 0.717) is 11.3 Å². The lowest BCUT2D eigenvalue weighted by atomic mass is 10.0. The van der Waals surface area contributed by atoms with E-state index in [9.17, 15) is 4.79 Å². The van der Waals surface area contributed by atoms with E-state index in [1.54, 1.807) is 24.9 Å². The Morgan fingerprint density at radius 3 is 2.60 bits per heavy atom. The van der Waals surface area contributed by atoms with Crippen molar-refractivity contribution in [1.29, 1.82) is 0 Å². The van der Waals surface area contributed by atoms with Crippen LogP contribution in [0.4, 0.5) is 0 Å². The minimum absolute atomic E-state index is 0.312. The van der Waals surface area contributed by atoms with E-state index in [0.717, 1.165) is 32.4 Å². The first kappa shape index (κ1) is 15.8. The van der Waals surface area contributed by atoms with Gasteiger partial charge in [-0.2, -0.15) is 0 Å². The maximum absolute atomic E-state index is 11.9. The van der Waals surface area contributed by atoms with Crippen LogP contribution in [-0.2, 0) is 5.75 Å². The van der Waals surface area contributed by atoms with Crippen molar-refractivity contribution in [2.45, 2.75) is 10.6 Å². The maximum Gasteiger partial charge on any atom is 0.336 e. The second-order valence-electron chi connectivity index (χ2n) is 5.71. The molecular weight excluding hydrogens is 332 g/mol. The highest BCUT2D eigenvalue weighted by molar-refractivity contribution is 7.98. The van der Waals surface area contributed by atoms with Crippen LogP contribution in [0.5, 0.6) is 5.75 Å². The second-order valence-corrected chi connectivity index (χ2v) is 6.76. The summed E-state index contributed by atoms with van der Waals surface area (Å²) in [5, 5.41) is 3.26. The molecule has 0 saturated heterocycles. The summed E-state index contributed by atoms with van der Waals surface area (Å²) in [7, 11) is 1.66. The van der Waals surface area contributed by atoms with Gasteiger partial charge in [-0.1, -0.05) is 30.3 Å². The zero-order chi connectivity index (χ0) is 17.2. The standard InChI is InChI=1S/C21H16O3S/c1-23-16-7-9-17(10-8-16)25-13-15-12-20(22)24-19-11-6-14-4-2-3-5-18(14)21(15)19/h2-12H,13H2,1H3. The summed E-state index contributed by atoms with van der Waals surface area (Å²) in [6, 6.07) is 21.5. The van der Waals surface area contributed by atoms with Gasteiger partial charge in [-0.3, -0.25) is 0 Å². The van der Waals surface area contributed by atoms with Crippen molar-refractivity contribution < 1.29 is 9.15 Å². The van der Waals surface area contributed by atoms with Crippen LogP contribution in [0.2, 0.25) is 0 Å². The van der Waals surface area contributed by atoms with Gasteiger partial charge in [0.05, 0.1) is 7.11 Å². The smallest absolute Gasteiger partial charge is 0.336 e. The Bertz CT molecular complexity index is 1100. The molecule has 0 bridgehead atoms. The van der Waals surface area contributed by atoms with E-state index in [2.05, 4.69) is 12.1 Å². The van der Waals surface area contributed by atoms with Gasteiger partial charge in [-0.25, -0.2) is 4.79 Å². The molecule has 0 saturated carbocycles. The molecule has 1 heterocycles. The van der Waals surface area contributed by atoms with Crippen LogP contribution in [0, 0.1) is 0 Å². The monoisotopic (exact) mass is 348 g/mol. The number of fused-ring (bicyclic) bond motifs is 3. The highest BCUT2D eigenvalue weighted by Crippen LogP contribution is 2.31. The van der Waals surface area contributed by atoms with Gasteiger partial charge in [-0.15, -0.1) is 11.8 Å².